The van der Waals surface area contributed by atoms with Crippen LogP contribution in [0.5, 0.6) is 0 Å². The second kappa shape index (κ2) is 9.21. The average Bonchev–Trinajstić information content (AvgIpc) is 2.46. The summed E-state index contributed by atoms with van der Waals surface area (Å²) in [6, 6.07) is 16.4. The van der Waals surface area contributed by atoms with Crippen LogP contribution < -0.4 is 0 Å². The van der Waals surface area contributed by atoms with Gasteiger partial charge in [0, 0.05) is 28.5 Å². The third kappa shape index (κ3) is 6.85. The van der Waals surface area contributed by atoms with E-state index in [9.17, 15) is 4.79 Å². The molecule has 0 atom stereocenters. The number of carbonyl (C=O) groups is 1. The summed E-state index contributed by atoms with van der Waals surface area (Å²) < 4.78 is 2.12. The number of carboxylic acids is 1. The largest absolute Gasteiger partial charge is 0.481 e. The van der Waals surface area contributed by atoms with E-state index in [4.69, 9.17) is 5.11 Å². The molecule has 0 saturated carbocycles. The zero-order valence-corrected chi connectivity index (χ0v) is 15.9. The van der Waals surface area contributed by atoms with Crippen molar-refractivity contribution in [2.24, 2.45) is 0 Å². The molecule has 5 heteroatoms. The summed E-state index contributed by atoms with van der Waals surface area (Å²) in [5.74, 6) is -0.741. The fourth-order valence-electron chi connectivity index (χ4n) is 2.45. The lowest BCUT2D eigenvalue weighted by Crippen LogP contribution is -2.24. The van der Waals surface area contributed by atoms with E-state index in [2.05, 4.69) is 61.0 Å². The van der Waals surface area contributed by atoms with Gasteiger partial charge in [0.1, 0.15) is 0 Å². The van der Waals surface area contributed by atoms with Gasteiger partial charge in [0.05, 0.1) is 0 Å². The molecule has 2 aromatic carbocycles. The predicted octanol–water partition coefficient (Wildman–Crippen LogP) is 5.08. The molecule has 0 spiro atoms. The quantitative estimate of drug-likeness (QED) is 0.622. The summed E-state index contributed by atoms with van der Waals surface area (Å²) in [5.41, 5.74) is 2.43. The molecule has 0 heterocycles. The fraction of sp³-hybridized carbons (Fsp3) is 0.278. The summed E-state index contributed by atoms with van der Waals surface area (Å²) in [4.78, 5) is 13.0. The van der Waals surface area contributed by atoms with Crippen molar-refractivity contribution in [2.45, 2.75) is 25.9 Å². The van der Waals surface area contributed by atoms with Gasteiger partial charge >= 0.3 is 5.97 Å². The number of nitrogens with zero attached hydrogens (tertiary/aromatic N) is 1. The molecule has 0 unspecified atom stereocenters. The highest BCUT2D eigenvalue weighted by Gasteiger charge is 2.09. The van der Waals surface area contributed by atoms with Gasteiger partial charge in [0.15, 0.2) is 0 Å². The van der Waals surface area contributed by atoms with E-state index >= 15 is 0 Å². The maximum atomic E-state index is 10.8. The van der Waals surface area contributed by atoms with Crippen molar-refractivity contribution in [2.75, 3.05) is 6.54 Å². The molecule has 0 fully saturated rings. The Balaban J connectivity index is 2.05. The Hall–Kier alpha value is -1.17. The van der Waals surface area contributed by atoms with Crippen molar-refractivity contribution in [1.29, 1.82) is 0 Å². The minimum Gasteiger partial charge on any atom is -0.481 e. The highest BCUT2D eigenvalue weighted by atomic mass is 79.9. The molecule has 2 aromatic rings. The topological polar surface area (TPSA) is 40.5 Å². The first-order valence-corrected chi connectivity index (χ1v) is 9.04. The molecule has 0 saturated heterocycles. The van der Waals surface area contributed by atoms with E-state index in [0.29, 0.717) is 6.42 Å². The van der Waals surface area contributed by atoms with Gasteiger partial charge in [-0.3, -0.25) is 9.69 Å². The van der Waals surface area contributed by atoms with Crippen LogP contribution in [0.3, 0.4) is 0 Å². The van der Waals surface area contributed by atoms with Gasteiger partial charge in [0.2, 0.25) is 0 Å². The van der Waals surface area contributed by atoms with Crippen molar-refractivity contribution in [3.8, 4) is 0 Å². The number of hydrogen-bond donors (Lipinski definition) is 1. The SMILES string of the molecule is O=C(O)CCCN(Cc1cccc(Br)c1)Cc1cccc(Br)c1. The Bertz CT molecular complexity index is 613. The van der Waals surface area contributed by atoms with Crippen LogP contribution in [0.25, 0.3) is 0 Å². The average molecular weight is 441 g/mol. The number of rotatable bonds is 8. The lowest BCUT2D eigenvalue weighted by molar-refractivity contribution is -0.137. The van der Waals surface area contributed by atoms with Crippen LogP contribution >= 0.6 is 31.9 Å². The van der Waals surface area contributed by atoms with Gasteiger partial charge in [-0.15, -0.1) is 0 Å². The minimum absolute atomic E-state index is 0.202. The molecule has 0 aliphatic carbocycles. The minimum atomic E-state index is -0.741. The highest BCUT2D eigenvalue weighted by molar-refractivity contribution is 9.10. The summed E-state index contributed by atoms with van der Waals surface area (Å²) >= 11 is 7.00. The Kier molecular flexibility index (Phi) is 7.27. The maximum Gasteiger partial charge on any atom is 0.303 e. The molecule has 1 N–H and O–H groups in total. The van der Waals surface area contributed by atoms with Gasteiger partial charge in [-0.2, -0.15) is 0 Å². The second-order valence-corrected chi connectivity index (χ2v) is 7.30. The van der Waals surface area contributed by atoms with E-state index in [1.54, 1.807) is 0 Å². The summed E-state index contributed by atoms with van der Waals surface area (Å²) in [5, 5.41) is 8.85. The van der Waals surface area contributed by atoms with Gasteiger partial charge in [-0.05, 0) is 48.4 Å². The molecule has 0 amide bonds. The van der Waals surface area contributed by atoms with Crippen molar-refractivity contribution in [3.05, 3.63) is 68.6 Å². The fourth-order valence-corrected chi connectivity index (χ4v) is 3.35. The maximum absolute atomic E-state index is 10.8. The Morgan fingerprint density at radius 2 is 1.48 bits per heavy atom. The molecule has 0 radical (unpaired) electrons. The smallest absolute Gasteiger partial charge is 0.303 e. The number of aliphatic carboxylic acids is 1. The normalized spacial score (nSPS) is 10.9. The van der Waals surface area contributed by atoms with Crippen LogP contribution in [0.15, 0.2) is 57.5 Å². The van der Waals surface area contributed by atoms with Crippen molar-refractivity contribution >= 4 is 37.8 Å². The molecule has 3 nitrogen and oxygen atoms in total. The first kappa shape index (κ1) is 18.2. The first-order valence-electron chi connectivity index (χ1n) is 7.46. The van der Waals surface area contributed by atoms with E-state index in [0.717, 1.165) is 28.6 Å². The lowest BCUT2D eigenvalue weighted by Gasteiger charge is -2.22. The third-order valence-electron chi connectivity index (χ3n) is 3.46. The van der Waals surface area contributed by atoms with Gasteiger partial charge in [0.25, 0.3) is 0 Å². The van der Waals surface area contributed by atoms with Crippen molar-refractivity contribution in [3.63, 3.8) is 0 Å². The van der Waals surface area contributed by atoms with Crippen LogP contribution in [0, 0.1) is 0 Å². The standard InChI is InChI=1S/C18H19Br2NO2/c19-16-6-1-4-14(10-16)12-21(9-3-8-18(22)23)13-15-5-2-7-17(20)11-15/h1-2,4-7,10-11H,3,8-9,12-13H2,(H,22,23). The molecule has 2 rings (SSSR count). The van der Waals surface area contributed by atoms with E-state index in [1.165, 1.54) is 11.1 Å². The number of halogens is 2. The Morgan fingerprint density at radius 1 is 0.957 bits per heavy atom. The molecular formula is C18H19Br2NO2. The summed E-state index contributed by atoms with van der Waals surface area (Å²) in [6.07, 6.45) is 0.852. The molecule has 0 bridgehead atoms. The summed E-state index contributed by atoms with van der Waals surface area (Å²) in [6.45, 7) is 2.35. The number of carboxylic acid groups (broad SMARTS) is 1. The summed E-state index contributed by atoms with van der Waals surface area (Å²) in [7, 11) is 0. The molecule has 23 heavy (non-hydrogen) atoms. The molecule has 0 aliphatic rings. The van der Waals surface area contributed by atoms with E-state index < -0.39 is 5.97 Å². The molecular weight excluding hydrogens is 422 g/mol. The third-order valence-corrected chi connectivity index (χ3v) is 4.44. The van der Waals surface area contributed by atoms with Crippen LogP contribution in [-0.2, 0) is 17.9 Å². The number of hydrogen-bond acceptors (Lipinski definition) is 2. The van der Waals surface area contributed by atoms with Crippen LogP contribution in [0.2, 0.25) is 0 Å². The monoisotopic (exact) mass is 439 g/mol. The van der Waals surface area contributed by atoms with Gasteiger partial charge < -0.3 is 5.11 Å². The zero-order valence-electron chi connectivity index (χ0n) is 12.7. The van der Waals surface area contributed by atoms with Crippen LogP contribution in [0.4, 0.5) is 0 Å². The van der Waals surface area contributed by atoms with Gasteiger partial charge in [-0.1, -0.05) is 56.1 Å². The Labute approximate surface area is 153 Å². The van der Waals surface area contributed by atoms with E-state index in [1.807, 2.05) is 24.3 Å². The second-order valence-electron chi connectivity index (χ2n) is 5.47. The number of benzene rings is 2. The van der Waals surface area contributed by atoms with Crippen molar-refractivity contribution in [1.82, 2.24) is 4.90 Å². The molecule has 0 aromatic heterocycles. The molecule has 0 aliphatic heterocycles. The first-order chi connectivity index (χ1) is 11.0. The van der Waals surface area contributed by atoms with Crippen LogP contribution in [0.1, 0.15) is 24.0 Å². The van der Waals surface area contributed by atoms with Crippen molar-refractivity contribution < 1.29 is 9.90 Å². The lowest BCUT2D eigenvalue weighted by atomic mass is 10.1. The predicted molar refractivity (Wildman–Crippen MR) is 99.3 cm³/mol. The van der Waals surface area contributed by atoms with Gasteiger partial charge in [-0.25, -0.2) is 0 Å². The highest BCUT2D eigenvalue weighted by Crippen LogP contribution is 2.17. The Morgan fingerprint density at radius 3 is 1.91 bits per heavy atom. The molecule has 122 valence electrons. The zero-order chi connectivity index (χ0) is 16.7. The van der Waals surface area contributed by atoms with Crippen LogP contribution in [-0.4, -0.2) is 22.5 Å². The van der Waals surface area contributed by atoms with E-state index in [-0.39, 0.29) is 6.42 Å².